The van der Waals surface area contributed by atoms with Crippen LogP contribution in [0.15, 0.2) is 73.1 Å². The minimum Gasteiger partial charge on any atom is -0.254 e. The maximum Gasteiger partial charge on any atom is 0.0970 e. The van der Waals surface area contributed by atoms with E-state index >= 15 is 0 Å². The standard InChI is InChI=1S/C23H14N2/c1-2-6-16-14(5-1)11-15-12-20-17-7-3-9-24-22(17)23-18(8-4-10-25-23)21(20)13-19(15)16/h1-10,12-13H,11H2. The Balaban J connectivity index is 1.85. The molecule has 116 valence electrons. The molecule has 2 heteroatoms. The van der Waals surface area contributed by atoms with Crippen molar-refractivity contribution in [1.82, 2.24) is 9.97 Å². The average Bonchev–Trinajstić information content (AvgIpc) is 3.04. The molecule has 6 rings (SSSR count). The molecule has 2 aromatic heterocycles. The molecule has 0 amide bonds. The van der Waals surface area contributed by atoms with Crippen molar-refractivity contribution >= 4 is 32.6 Å². The Labute approximate surface area is 144 Å². The van der Waals surface area contributed by atoms with E-state index in [2.05, 4.69) is 58.5 Å². The molecule has 5 aromatic rings. The van der Waals surface area contributed by atoms with Gasteiger partial charge in [-0.05, 0) is 63.7 Å². The van der Waals surface area contributed by atoms with Crippen LogP contribution < -0.4 is 0 Å². The van der Waals surface area contributed by atoms with Crippen molar-refractivity contribution in [2.75, 3.05) is 0 Å². The molecule has 0 saturated carbocycles. The normalized spacial score (nSPS) is 12.6. The Morgan fingerprint density at radius 3 is 2.00 bits per heavy atom. The minimum absolute atomic E-state index is 0.983. The summed E-state index contributed by atoms with van der Waals surface area (Å²) < 4.78 is 0. The molecule has 0 atom stereocenters. The maximum atomic E-state index is 4.63. The van der Waals surface area contributed by atoms with Gasteiger partial charge < -0.3 is 0 Å². The lowest BCUT2D eigenvalue weighted by atomic mass is 9.95. The monoisotopic (exact) mass is 318 g/mol. The molecule has 0 unspecified atom stereocenters. The van der Waals surface area contributed by atoms with Crippen LogP contribution in [0.5, 0.6) is 0 Å². The number of rotatable bonds is 0. The molecule has 0 aliphatic heterocycles. The second-order valence-electron chi connectivity index (χ2n) is 6.69. The number of benzene rings is 3. The molecule has 0 N–H and O–H groups in total. The van der Waals surface area contributed by atoms with Gasteiger partial charge in [-0.3, -0.25) is 9.97 Å². The summed E-state index contributed by atoms with van der Waals surface area (Å²) in [6.07, 6.45) is 4.71. The molecule has 0 spiro atoms. The van der Waals surface area contributed by atoms with Crippen LogP contribution in [0.1, 0.15) is 11.1 Å². The van der Waals surface area contributed by atoms with Crippen molar-refractivity contribution in [2.24, 2.45) is 0 Å². The lowest BCUT2D eigenvalue weighted by Crippen LogP contribution is -1.89. The first-order valence-electron chi connectivity index (χ1n) is 8.56. The summed E-state index contributed by atoms with van der Waals surface area (Å²) in [6, 6.07) is 21.8. The predicted molar refractivity (Wildman–Crippen MR) is 103 cm³/mol. The van der Waals surface area contributed by atoms with Gasteiger partial charge in [-0.1, -0.05) is 36.4 Å². The van der Waals surface area contributed by atoms with E-state index in [1.165, 1.54) is 43.8 Å². The predicted octanol–water partition coefficient (Wildman–Crippen LogP) is 5.51. The molecule has 2 heterocycles. The number of aromatic nitrogens is 2. The molecule has 0 saturated heterocycles. The molecule has 0 radical (unpaired) electrons. The summed E-state index contributed by atoms with van der Waals surface area (Å²) in [5.41, 5.74) is 7.51. The van der Waals surface area contributed by atoms with Crippen LogP contribution in [0.25, 0.3) is 43.7 Å². The van der Waals surface area contributed by atoms with Crippen molar-refractivity contribution in [3.05, 3.63) is 84.2 Å². The van der Waals surface area contributed by atoms with E-state index in [0.29, 0.717) is 0 Å². The SMILES string of the molecule is c1ccc2c(c1)Cc1cc3c(cc1-2)c1cccnc1c1ncccc31. The number of hydrogen-bond acceptors (Lipinski definition) is 2. The van der Waals surface area contributed by atoms with Crippen LogP contribution in [0, 0.1) is 0 Å². The Morgan fingerprint density at radius 2 is 1.24 bits per heavy atom. The molecule has 3 aromatic carbocycles. The van der Waals surface area contributed by atoms with Crippen LogP contribution in [-0.2, 0) is 6.42 Å². The number of pyridine rings is 2. The molecule has 0 bridgehead atoms. The zero-order chi connectivity index (χ0) is 16.4. The fourth-order valence-electron chi connectivity index (χ4n) is 4.25. The zero-order valence-electron chi connectivity index (χ0n) is 13.5. The topological polar surface area (TPSA) is 25.8 Å². The summed E-state index contributed by atoms with van der Waals surface area (Å²) in [7, 11) is 0. The molecule has 1 aliphatic carbocycles. The molecule has 1 aliphatic rings. The zero-order valence-corrected chi connectivity index (χ0v) is 13.5. The van der Waals surface area contributed by atoms with Crippen molar-refractivity contribution < 1.29 is 0 Å². The van der Waals surface area contributed by atoms with Gasteiger partial charge in [0.15, 0.2) is 0 Å². The third-order valence-corrected chi connectivity index (χ3v) is 5.35. The van der Waals surface area contributed by atoms with Crippen molar-refractivity contribution in [3.8, 4) is 11.1 Å². The number of nitrogens with zero attached hydrogens (tertiary/aromatic N) is 2. The van der Waals surface area contributed by atoms with E-state index in [0.717, 1.165) is 17.5 Å². The second-order valence-corrected chi connectivity index (χ2v) is 6.69. The number of fused-ring (bicyclic) bond motifs is 9. The van der Waals surface area contributed by atoms with E-state index in [4.69, 9.17) is 0 Å². The van der Waals surface area contributed by atoms with Gasteiger partial charge in [0.1, 0.15) is 0 Å². The first-order valence-corrected chi connectivity index (χ1v) is 8.56. The van der Waals surface area contributed by atoms with Gasteiger partial charge in [0, 0.05) is 23.2 Å². The van der Waals surface area contributed by atoms with Crippen LogP contribution in [0.2, 0.25) is 0 Å². The van der Waals surface area contributed by atoms with Gasteiger partial charge in [-0.2, -0.15) is 0 Å². The summed E-state index contributed by atoms with van der Waals surface area (Å²) in [4.78, 5) is 9.26. The first-order chi connectivity index (χ1) is 12.4. The maximum absolute atomic E-state index is 4.63. The average molecular weight is 318 g/mol. The smallest absolute Gasteiger partial charge is 0.0970 e. The summed E-state index contributed by atoms with van der Waals surface area (Å²) >= 11 is 0. The highest BCUT2D eigenvalue weighted by atomic mass is 14.7. The van der Waals surface area contributed by atoms with Gasteiger partial charge in [0.25, 0.3) is 0 Å². The Kier molecular flexibility index (Phi) is 2.43. The van der Waals surface area contributed by atoms with Crippen molar-refractivity contribution in [1.29, 1.82) is 0 Å². The summed E-state index contributed by atoms with van der Waals surface area (Å²) in [5.74, 6) is 0. The fraction of sp³-hybridized carbons (Fsp3) is 0.0435. The fourth-order valence-corrected chi connectivity index (χ4v) is 4.25. The molecular formula is C23H14N2. The van der Waals surface area contributed by atoms with Gasteiger partial charge in [0.05, 0.1) is 11.0 Å². The van der Waals surface area contributed by atoms with E-state index in [9.17, 15) is 0 Å². The third kappa shape index (κ3) is 1.69. The minimum atomic E-state index is 0.983. The summed E-state index contributed by atoms with van der Waals surface area (Å²) in [5, 5.41) is 4.90. The van der Waals surface area contributed by atoms with E-state index in [-0.39, 0.29) is 0 Å². The van der Waals surface area contributed by atoms with Crippen molar-refractivity contribution in [2.45, 2.75) is 6.42 Å². The summed E-state index contributed by atoms with van der Waals surface area (Å²) in [6.45, 7) is 0. The lowest BCUT2D eigenvalue weighted by molar-refractivity contribution is 1.27. The molecule has 2 nitrogen and oxygen atoms in total. The first kappa shape index (κ1) is 13.1. The van der Waals surface area contributed by atoms with E-state index < -0.39 is 0 Å². The Bertz CT molecular complexity index is 1320. The van der Waals surface area contributed by atoms with Crippen molar-refractivity contribution in [3.63, 3.8) is 0 Å². The Hall–Kier alpha value is -3.26. The third-order valence-electron chi connectivity index (χ3n) is 5.35. The van der Waals surface area contributed by atoms with Crippen LogP contribution in [0.3, 0.4) is 0 Å². The molecular weight excluding hydrogens is 304 g/mol. The highest BCUT2D eigenvalue weighted by molar-refractivity contribution is 6.23. The van der Waals surface area contributed by atoms with Crippen LogP contribution >= 0.6 is 0 Å². The van der Waals surface area contributed by atoms with E-state index in [1.54, 1.807) is 0 Å². The van der Waals surface area contributed by atoms with Crippen LogP contribution in [-0.4, -0.2) is 9.97 Å². The highest BCUT2D eigenvalue weighted by Crippen LogP contribution is 2.42. The van der Waals surface area contributed by atoms with Gasteiger partial charge in [-0.15, -0.1) is 0 Å². The van der Waals surface area contributed by atoms with Gasteiger partial charge in [-0.25, -0.2) is 0 Å². The Morgan fingerprint density at radius 1 is 0.560 bits per heavy atom. The van der Waals surface area contributed by atoms with Gasteiger partial charge >= 0.3 is 0 Å². The lowest BCUT2D eigenvalue weighted by Gasteiger charge is -2.11. The van der Waals surface area contributed by atoms with Gasteiger partial charge in [0.2, 0.25) is 0 Å². The second kappa shape index (κ2) is 4.64. The quantitative estimate of drug-likeness (QED) is 0.345. The largest absolute Gasteiger partial charge is 0.254 e. The molecule has 25 heavy (non-hydrogen) atoms. The molecule has 0 fully saturated rings. The number of hydrogen-bond donors (Lipinski definition) is 0. The highest BCUT2D eigenvalue weighted by Gasteiger charge is 2.20. The van der Waals surface area contributed by atoms with E-state index in [1.807, 2.05) is 24.5 Å². The van der Waals surface area contributed by atoms with Crippen LogP contribution in [0.4, 0.5) is 0 Å².